The molecule has 2 aromatic heterocycles. The number of ether oxygens (including phenoxy) is 1. The molecule has 0 radical (unpaired) electrons. The number of carbonyl (C=O) groups excluding carboxylic acids is 2. The minimum atomic E-state index is -4.70. The van der Waals surface area contributed by atoms with Crippen LogP contribution >= 0.6 is 0 Å². The van der Waals surface area contributed by atoms with E-state index in [1.165, 1.54) is 32.4 Å². The Bertz CT molecular complexity index is 1340. The minimum Gasteiger partial charge on any atom is -0.453 e. The van der Waals surface area contributed by atoms with Gasteiger partial charge in [-0.25, -0.2) is 14.8 Å². The number of benzene rings is 1. The standard InChI is InChI=1S/C24H25F3N6O3/c1-12(34)18-17(32-22(35)36-2)4-3-14-15(10-28-20(14)18)19-16(24(25,26)27)11-29-21(33-19)31-13-5-6-23(7-8-23)30-9-13/h3-4,10-11,13,28,30H,5-9H2,1-2H3,(H,32,35)(H,29,31,33). The molecular formula is C24H25F3N6O3. The largest absolute Gasteiger partial charge is 0.453 e. The molecule has 1 unspecified atom stereocenters. The van der Waals surface area contributed by atoms with Gasteiger partial charge in [0.1, 0.15) is 5.56 Å². The first-order valence-corrected chi connectivity index (χ1v) is 11.6. The summed E-state index contributed by atoms with van der Waals surface area (Å²) in [7, 11) is 1.18. The lowest BCUT2D eigenvalue weighted by Gasteiger charge is -2.30. The van der Waals surface area contributed by atoms with E-state index >= 15 is 0 Å². The zero-order valence-electron chi connectivity index (χ0n) is 19.7. The maximum Gasteiger partial charge on any atom is 0.419 e. The van der Waals surface area contributed by atoms with Crippen molar-refractivity contribution in [2.45, 2.75) is 50.4 Å². The van der Waals surface area contributed by atoms with E-state index < -0.39 is 17.8 Å². The number of nitrogens with zero attached hydrogens (tertiary/aromatic N) is 2. The second kappa shape index (κ2) is 8.77. The Hall–Kier alpha value is -3.67. The van der Waals surface area contributed by atoms with Crippen molar-refractivity contribution in [3.63, 3.8) is 0 Å². The Morgan fingerprint density at radius 3 is 2.61 bits per heavy atom. The van der Waals surface area contributed by atoms with Crippen molar-refractivity contribution in [2.24, 2.45) is 0 Å². The van der Waals surface area contributed by atoms with Gasteiger partial charge in [-0.2, -0.15) is 13.2 Å². The average molecular weight is 502 g/mol. The first kappa shape index (κ1) is 24.0. The molecule has 2 aliphatic rings. The molecule has 5 rings (SSSR count). The van der Waals surface area contributed by atoms with Gasteiger partial charge in [0.25, 0.3) is 0 Å². The number of aromatic nitrogens is 3. The number of ketones is 1. The van der Waals surface area contributed by atoms with E-state index in [1.807, 2.05) is 0 Å². The summed E-state index contributed by atoms with van der Waals surface area (Å²) in [5.74, 6) is -0.290. The maximum absolute atomic E-state index is 13.9. The molecule has 1 saturated carbocycles. The summed E-state index contributed by atoms with van der Waals surface area (Å²) >= 11 is 0. The first-order chi connectivity index (χ1) is 17.1. The van der Waals surface area contributed by atoms with Gasteiger partial charge in [0.2, 0.25) is 5.95 Å². The molecule has 2 fully saturated rings. The molecule has 9 nitrogen and oxygen atoms in total. The Morgan fingerprint density at radius 1 is 1.22 bits per heavy atom. The molecule has 1 atom stereocenters. The van der Waals surface area contributed by atoms with Crippen LogP contribution in [-0.2, 0) is 10.9 Å². The monoisotopic (exact) mass is 502 g/mol. The molecule has 190 valence electrons. The van der Waals surface area contributed by atoms with E-state index in [0.29, 0.717) is 11.9 Å². The number of anilines is 2. The Balaban J connectivity index is 1.55. The van der Waals surface area contributed by atoms with Crippen LogP contribution in [0, 0.1) is 0 Å². The minimum absolute atomic E-state index is 0.0000466. The molecule has 12 heteroatoms. The van der Waals surface area contributed by atoms with Crippen molar-refractivity contribution in [2.75, 3.05) is 24.3 Å². The zero-order chi connectivity index (χ0) is 25.7. The van der Waals surface area contributed by atoms with Crippen molar-refractivity contribution >= 4 is 34.4 Å². The van der Waals surface area contributed by atoms with Crippen molar-refractivity contribution in [1.82, 2.24) is 20.3 Å². The summed E-state index contributed by atoms with van der Waals surface area (Å²) < 4.78 is 46.4. The lowest BCUT2D eigenvalue weighted by atomic mass is 9.99. The molecule has 1 aliphatic carbocycles. The van der Waals surface area contributed by atoms with Crippen LogP contribution in [0.1, 0.15) is 48.5 Å². The van der Waals surface area contributed by atoms with Gasteiger partial charge in [0.05, 0.1) is 29.6 Å². The van der Waals surface area contributed by atoms with Gasteiger partial charge >= 0.3 is 12.3 Å². The molecule has 1 amide bonds. The van der Waals surface area contributed by atoms with Crippen LogP contribution < -0.4 is 16.0 Å². The van der Waals surface area contributed by atoms with Crippen molar-refractivity contribution in [3.05, 3.63) is 35.7 Å². The van der Waals surface area contributed by atoms with Crippen LogP contribution in [0.25, 0.3) is 22.2 Å². The second-order valence-corrected chi connectivity index (χ2v) is 9.28. The number of nitrogens with one attached hydrogen (secondary N) is 4. The highest BCUT2D eigenvalue weighted by molar-refractivity contribution is 6.14. The van der Waals surface area contributed by atoms with E-state index in [4.69, 9.17) is 0 Å². The number of amides is 1. The van der Waals surface area contributed by atoms with Crippen molar-refractivity contribution < 1.29 is 27.5 Å². The number of aromatic amines is 1. The number of methoxy groups -OCH3 is 1. The fourth-order valence-corrected chi connectivity index (χ4v) is 4.75. The molecule has 36 heavy (non-hydrogen) atoms. The van der Waals surface area contributed by atoms with E-state index in [0.717, 1.165) is 31.9 Å². The SMILES string of the molecule is COC(=O)Nc1ccc2c(-c3nc(NC4CCC5(CC5)NC4)ncc3C(F)(F)F)c[nH]c2c1C(C)=O. The lowest BCUT2D eigenvalue weighted by molar-refractivity contribution is -0.137. The zero-order valence-corrected chi connectivity index (χ0v) is 19.7. The van der Waals surface area contributed by atoms with E-state index in [2.05, 4.69) is 35.6 Å². The average Bonchev–Trinajstić information content (AvgIpc) is 3.45. The summed E-state index contributed by atoms with van der Waals surface area (Å²) in [6.07, 6.45) is 0.854. The molecule has 1 aromatic carbocycles. The number of piperidine rings is 1. The van der Waals surface area contributed by atoms with Gasteiger partial charge in [-0.05, 0) is 38.7 Å². The number of hydrogen-bond donors (Lipinski definition) is 4. The van der Waals surface area contributed by atoms with Gasteiger partial charge in [0.15, 0.2) is 5.78 Å². The summed E-state index contributed by atoms with van der Waals surface area (Å²) in [6, 6.07) is 2.97. The molecule has 4 N–H and O–H groups in total. The molecule has 0 bridgehead atoms. The summed E-state index contributed by atoms with van der Waals surface area (Å²) in [5, 5.41) is 9.48. The van der Waals surface area contributed by atoms with Gasteiger partial charge in [-0.15, -0.1) is 0 Å². The Morgan fingerprint density at radius 2 is 2.00 bits per heavy atom. The van der Waals surface area contributed by atoms with Crippen molar-refractivity contribution in [3.8, 4) is 11.3 Å². The highest BCUT2D eigenvalue weighted by Gasteiger charge is 2.45. The fraction of sp³-hybridized carbons (Fsp3) is 0.417. The van der Waals surface area contributed by atoms with Gasteiger partial charge < -0.3 is 20.4 Å². The summed E-state index contributed by atoms with van der Waals surface area (Å²) in [4.78, 5) is 35.2. The number of H-pyrrole nitrogens is 1. The van der Waals surface area contributed by atoms with Crippen LogP contribution in [0.3, 0.4) is 0 Å². The third-order valence-electron chi connectivity index (χ3n) is 6.86. The Kier molecular flexibility index (Phi) is 5.86. The third-order valence-corrected chi connectivity index (χ3v) is 6.86. The van der Waals surface area contributed by atoms with Crippen molar-refractivity contribution in [1.29, 1.82) is 0 Å². The van der Waals surface area contributed by atoms with E-state index in [-0.39, 0.29) is 51.3 Å². The summed E-state index contributed by atoms with van der Waals surface area (Å²) in [5.41, 5.74) is -0.329. The van der Waals surface area contributed by atoms with Crippen LogP contribution in [0.5, 0.6) is 0 Å². The van der Waals surface area contributed by atoms with E-state index in [1.54, 1.807) is 0 Å². The molecule has 1 aliphatic heterocycles. The quantitative estimate of drug-likeness (QED) is 0.373. The smallest absolute Gasteiger partial charge is 0.419 e. The predicted molar refractivity (Wildman–Crippen MR) is 127 cm³/mol. The van der Waals surface area contributed by atoms with Gasteiger partial charge in [-0.1, -0.05) is 6.07 Å². The maximum atomic E-state index is 13.9. The van der Waals surface area contributed by atoms with Crippen LogP contribution in [-0.4, -0.2) is 52.1 Å². The number of hydrogen-bond acceptors (Lipinski definition) is 7. The number of carbonyl (C=O) groups is 2. The molecule has 1 spiro atoms. The normalized spacial score (nSPS) is 18.8. The predicted octanol–water partition coefficient (Wildman–Crippen LogP) is 4.72. The molecule has 1 saturated heterocycles. The number of alkyl halides is 3. The fourth-order valence-electron chi connectivity index (χ4n) is 4.75. The topological polar surface area (TPSA) is 121 Å². The highest BCUT2D eigenvalue weighted by Crippen LogP contribution is 2.43. The Labute approximate surface area is 204 Å². The van der Waals surface area contributed by atoms with Crippen LogP contribution in [0.15, 0.2) is 24.5 Å². The number of Topliss-reactive ketones (excluding diaryl/α,β-unsaturated/α-hetero) is 1. The number of halogens is 3. The van der Waals surface area contributed by atoms with Crippen LogP contribution in [0.4, 0.5) is 29.6 Å². The highest BCUT2D eigenvalue weighted by atomic mass is 19.4. The molecular weight excluding hydrogens is 477 g/mol. The van der Waals surface area contributed by atoms with E-state index in [9.17, 15) is 22.8 Å². The lowest BCUT2D eigenvalue weighted by Crippen LogP contribution is -2.46. The second-order valence-electron chi connectivity index (χ2n) is 9.28. The third kappa shape index (κ3) is 4.48. The molecule has 3 heterocycles. The van der Waals surface area contributed by atoms with Crippen LogP contribution in [0.2, 0.25) is 0 Å². The number of rotatable bonds is 5. The van der Waals surface area contributed by atoms with Gasteiger partial charge in [0, 0.05) is 41.5 Å². The summed E-state index contributed by atoms with van der Waals surface area (Å²) in [6.45, 7) is 1.99. The first-order valence-electron chi connectivity index (χ1n) is 11.6. The number of fused-ring (bicyclic) bond motifs is 1. The van der Waals surface area contributed by atoms with Gasteiger partial charge in [-0.3, -0.25) is 10.1 Å². The molecule has 3 aromatic rings.